The lowest BCUT2D eigenvalue weighted by atomic mass is 9.88. The molecule has 1 heterocycles. The van der Waals surface area contributed by atoms with E-state index in [-0.39, 0.29) is 31.4 Å². The molecule has 0 aromatic heterocycles. The fourth-order valence-electron chi connectivity index (χ4n) is 3.14. The number of hydrogen-bond donors (Lipinski definition) is 2. The van der Waals surface area contributed by atoms with Crippen LogP contribution in [0.2, 0.25) is 0 Å². The summed E-state index contributed by atoms with van der Waals surface area (Å²) in [5.41, 5.74) is 0. The van der Waals surface area contributed by atoms with Gasteiger partial charge in [0, 0.05) is 25.6 Å². The highest BCUT2D eigenvalue weighted by molar-refractivity contribution is 7.89. The zero-order valence-corrected chi connectivity index (χ0v) is 12.2. The van der Waals surface area contributed by atoms with E-state index in [1.165, 1.54) is 23.6 Å². The molecule has 0 amide bonds. The van der Waals surface area contributed by atoms with E-state index in [4.69, 9.17) is 5.11 Å². The van der Waals surface area contributed by atoms with Gasteiger partial charge in [0.25, 0.3) is 0 Å². The van der Waals surface area contributed by atoms with Gasteiger partial charge in [-0.05, 0) is 12.3 Å². The Morgan fingerprint density at radius 3 is 2.37 bits per heavy atom. The second kappa shape index (κ2) is 6.52. The van der Waals surface area contributed by atoms with E-state index < -0.39 is 16.1 Å². The van der Waals surface area contributed by atoms with Crippen LogP contribution in [0.4, 0.5) is 0 Å². The lowest BCUT2D eigenvalue weighted by molar-refractivity contribution is 0.104. The van der Waals surface area contributed by atoms with E-state index in [0.29, 0.717) is 5.92 Å². The number of hydrogen-bond acceptors (Lipinski definition) is 4. The van der Waals surface area contributed by atoms with Crippen molar-refractivity contribution in [2.24, 2.45) is 11.8 Å². The van der Waals surface area contributed by atoms with Gasteiger partial charge in [-0.2, -0.15) is 4.31 Å². The maximum absolute atomic E-state index is 12.2. The van der Waals surface area contributed by atoms with Crippen molar-refractivity contribution in [2.75, 3.05) is 25.4 Å². The number of β-amino-alcohol motifs (C(OH)–C–C–N with tert-alkyl or cyclic N) is 1. The Kier molecular flexibility index (Phi) is 5.22. The molecule has 112 valence electrons. The molecule has 0 aromatic rings. The fraction of sp³-hybridized carbons (Fsp3) is 1.00. The second-order valence-corrected chi connectivity index (χ2v) is 8.02. The fourth-order valence-corrected chi connectivity index (χ4v) is 4.83. The number of rotatable bonds is 5. The summed E-state index contributed by atoms with van der Waals surface area (Å²) in [6.45, 7) is 0.235. The lowest BCUT2D eigenvalue weighted by Crippen LogP contribution is -2.32. The van der Waals surface area contributed by atoms with Crippen molar-refractivity contribution in [2.45, 2.75) is 44.6 Å². The van der Waals surface area contributed by atoms with Gasteiger partial charge in [-0.1, -0.05) is 32.1 Å². The topological polar surface area (TPSA) is 77.8 Å². The maximum Gasteiger partial charge on any atom is 0.214 e. The van der Waals surface area contributed by atoms with Gasteiger partial charge >= 0.3 is 0 Å². The van der Waals surface area contributed by atoms with Crippen LogP contribution in [0, 0.1) is 11.8 Å². The molecule has 0 radical (unpaired) electrons. The standard InChI is InChI=1S/C13H25NO4S/c15-10-12-8-14(9-13(12)16)19(17,18)7-6-11-4-2-1-3-5-11/h11-13,15-16H,1-10H2. The predicted molar refractivity (Wildman–Crippen MR) is 73.1 cm³/mol. The molecular formula is C13H25NO4S. The van der Waals surface area contributed by atoms with E-state index in [0.717, 1.165) is 19.3 Å². The number of aliphatic hydroxyl groups is 2. The van der Waals surface area contributed by atoms with Crippen molar-refractivity contribution in [3.8, 4) is 0 Å². The second-order valence-electron chi connectivity index (χ2n) is 5.94. The summed E-state index contributed by atoms with van der Waals surface area (Å²) < 4.78 is 25.8. The van der Waals surface area contributed by atoms with Crippen LogP contribution in [-0.2, 0) is 10.0 Å². The molecule has 0 spiro atoms. The molecule has 2 N–H and O–H groups in total. The third-order valence-electron chi connectivity index (χ3n) is 4.51. The molecule has 1 saturated carbocycles. The first-order chi connectivity index (χ1) is 9.03. The van der Waals surface area contributed by atoms with Crippen LogP contribution in [0.5, 0.6) is 0 Å². The minimum absolute atomic E-state index is 0.137. The van der Waals surface area contributed by atoms with E-state index in [2.05, 4.69) is 0 Å². The minimum Gasteiger partial charge on any atom is -0.396 e. The third-order valence-corrected chi connectivity index (χ3v) is 6.35. The Balaban J connectivity index is 1.84. The molecule has 1 aliphatic heterocycles. The Bertz CT molecular complexity index is 378. The Morgan fingerprint density at radius 2 is 1.79 bits per heavy atom. The summed E-state index contributed by atoms with van der Waals surface area (Å²) in [7, 11) is -3.27. The van der Waals surface area contributed by atoms with Gasteiger partial charge < -0.3 is 10.2 Å². The molecule has 2 atom stereocenters. The summed E-state index contributed by atoms with van der Waals surface area (Å²) in [6, 6.07) is 0. The summed E-state index contributed by atoms with van der Waals surface area (Å²) in [6.07, 6.45) is 6.03. The summed E-state index contributed by atoms with van der Waals surface area (Å²) >= 11 is 0. The van der Waals surface area contributed by atoms with Crippen LogP contribution in [0.25, 0.3) is 0 Å². The SMILES string of the molecule is O=S(=O)(CCC1CCCCC1)N1CC(O)C(CO)C1. The van der Waals surface area contributed by atoms with Crippen molar-refractivity contribution in [3.05, 3.63) is 0 Å². The van der Waals surface area contributed by atoms with Crippen LogP contribution in [0.15, 0.2) is 0 Å². The van der Waals surface area contributed by atoms with Gasteiger partial charge in [-0.3, -0.25) is 0 Å². The average Bonchev–Trinajstić information content (AvgIpc) is 2.80. The molecule has 0 aromatic carbocycles. The van der Waals surface area contributed by atoms with Gasteiger partial charge in [0.2, 0.25) is 10.0 Å². The monoisotopic (exact) mass is 291 g/mol. The van der Waals surface area contributed by atoms with Crippen LogP contribution < -0.4 is 0 Å². The number of sulfonamides is 1. The molecule has 5 nitrogen and oxygen atoms in total. The van der Waals surface area contributed by atoms with Crippen molar-refractivity contribution in [3.63, 3.8) is 0 Å². The summed E-state index contributed by atoms with van der Waals surface area (Å²) in [5.74, 6) is 0.400. The minimum atomic E-state index is -3.27. The molecule has 2 unspecified atom stereocenters. The van der Waals surface area contributed by atoms with Crippen LogP contribution in [0.3, 0.4) is 0 Å². The molecular weight excluding hydrogens is 266 g/mol. The quantitative estimate of drug-likeness (QED) is 0.776. The molecule has 1 aliphatic carbocycles. The lowest BCUT2D eigenvalue weighted by Gasteiger charge is -2.23. The Hall–Kier alpha value is -0.170. The predicted octanol–water partition coefficient (Wildman–Crippen LogP) is 0.572. The molecule has 2 fully saturated rings. The molecule has 0 bridgehead atoms. The van der Waals surface area contributed by atoms with E-state index in [1.807, 2.05) is 0 Å². The molecule has 2 aliphatic rings. The van der Waals surface area contributed by atoms with E-state index >= 15 is 0 Å². The van der Waals surface area contributed by atoms with Crippen LogP contribution in [0.1, 0.15) is 38.5 Å². The zero-order chi connectivity index (χ0) is 13.9. The Morgan fingerprint density at radius 1 is 1.11 bits per heavy atom. The zero-order valence-electron chi connectivity index (χ0n) is 11.4. The van der Waals surface area contributed by atoms with Gasteiger partial charge in [0.15, 0.2) is 0 Å². The van der Waals surface area contributed by atoms with E-state index in [1.54, 1.807) is 0 Å². The molecule has 6 heteroatoms. The first-order valence-electron chi connectivity index (χ1n) is 7.29. The van der Waals surface area contributed by atoms with Gasteiger partial charge in [-0.25, -0.2) is 8.42 Å². The van der Waals surface area contributed by atoms with E-state index in [9.17, 15) is 13.5 Å². The highest BCUT2D eigenvalue weighted by Gasteiger charge is 2.37. The number of nitrogens with zero attached hydrogens (tertiary/aromatic N) is 1. The highest BCUT2D eigenvalue weighted by atomic mass is 32.2. The maximum atomic E-state index is 12.2. The van der Waals surface area contributed by atoms with Crippen molar-refractivity contribution >= 4 is 10.0 Å². The average molecular weight is 291 g/mol. The first-order valence-corrected chi connectivity index (χ1v) is 8.90. The largest absolute Gasteiger partial charge is 0.396 e. The molecule has 2 rings (SSSR count). The van der Waals surface area contributed by atoms with Crippen molar-refractivity contribution < 1.29 is 18.6 Å². The smallest absolute Gasteiger partial charge is 0.214 e. The van der Waals surface area contributed by atoms with Crippen molar-refractivity contribution in [1.29, 1.82) is 0 Å². The molecule has 1 saturated heterocycles. The van der Waals surface area contributed by atoms with Crippen molar-refractivity contribution in [1.82, 2.24) is 4.31 Å². The summed E-state index contributed by atoms with van der Waals surface area (Å²) in [5, 5.41) is 18.7. The van der Waals surface area contributed by atoms with Gasteiger partial charge in [-0.15, -0.1) is 0 Å². The Labute approximate surface area is 115 Å². The van der Waals surface area contributed by atoms with Gasteiger partial charge in [0.05, 0.1) is 11.9 Å². The highest BCUT2D eigenvalue weighted by Crippen LogP contribution is 2.28. The van der Waals surface area contributed by atoms with Gasteiger partial charge in [0.1, 0.15) is 0 Å². The number of aliphatic hydroxyl groups excluding tert-OH is 2. The summed E-state index contributed by atoms with van der Waals surface area (Å²) in [4.78, 5) is 0. The molecule has 19 heavy (non-hydrogen) atoms. The normalized spacial score (nSPS) is 30.8. The first kappa shape index (κ1) is 15.2. The van der Waals surface area contributed by atoms with Crippen LogP contribution in [-0.4, -0.2) is 54.5 Å². The third kappa shape index (κ3) is 3.90. The van der Waals surface area contributed by atoms with Crippen LogP contribution >= 0.6 is 0 Å².